The molecule has 0 spiro atoms. The van der Waals surface area contributed by atoms with Crippen LogP contribution in [-0.2, 0) is 25.5 Å². The first-order valence-electron chi connectivity index (χ1n) is 6.89. The minimum Gasteiger partial charge on any atom is -0.464 e. The highest BCUT2D eigenvalue weighted by Gasteiger charge is 2.42. The van der Waals surface area contributed by atoms with Gasteiger partial charge in [-0.05, 0) is 13.8 Å². The van der Waals surface area contributed by atoms with Crippen LogP contribution in [0.1, 0.15) is 34.8 Å². The lowest BCUT2D eigenvalue weighted by Gasteiger charge is -2.17. The number of hydrogen-bond acceptors (Lipinski definition) is 9. The molecule has 0 amide bonds. The minimum absolute atomic E-state index is 0.0447. The van der Waals surface area contributed by atoms with Crippen molar-refractivity contribution >= 4 is 11.9 Å². The lowest BCUT2D eigenvalue weighted by molar-refractivity contribution is -0.150. The first kappa shape index (κ1) is 17.3. The van der Waals surface area contributed by atoms with Gasteiger partial charge in [0.15, 0.2) is 11.5 Å². The number of aliphatic hydroxyl groups is 1. The Hall–Kier alpha value is -2.04. The van der Waals surface area contributed by atoms with Crippen molar-refractivity contribution in [2.24, 2.45) is 0 Å². The number of aromatic nitrogens is 3. The predicted octanol–water partition coefficient (Wildman–Crippen LogP) is -0.636. The molecule has 1 fully saturated rings. The molecule has 0 radical (unpaired) electrons. The molecule has 0 unspecified atom stereocenters. The molecule has 0 bridgehead atoms. The Labute approximate surface area is 132 Å². The van der Waals surface area contributed by atoms with E-state index in [2.05, 4.69) is 19.8 Å². The van der Waals surface area contributed by atoms with Crippen LogP contribution in [0, 0.1) is 0 Å². The third kappa shape index (κ3) is 3.49. The van der Waals surface area contributed by atoms with Crippen molar-refractivity contribution in [3.8, 4) is 0 Å². The Morgan fingerprint density at radius 2 is 1.83 bits per heavy atom. The zero-order valence-electron chi connectivity index (χ0n) is 13.3. The van der Waals surface area contributed by atoms with Crippen LogP contribution in [-0.4, -0.2) is 70.9 Å². The molecule has 10 nitrogen and oxygen atoms in total. The zero-order chi connectivity index (χ0) is 17.2. The normalized spacial score (nSPS) is 22.8. The van der Waals surface area contributed by atoms with Gasteiger partial charge in [0.25, 0.3) is 0 Å². The smallest absolute Gasteiger partial charge is 0.361 e. The Kier molecular flexibility index (Phi) is 4.97. The number of aliphatic hydroxyl groups excluding tert-OH is 1. The van der Waals surface area contributed by atoms with Gasteiger partial charge < -0.3 is 24.1 Å². The first-order chi connectivity index (χ1) is 10.8. The molecular weight excluding hydrogens is 310 g/mol. The number of carbonyl (C=O) groups is 2. The van der Waals surface area contributed by atoms with Crippen molar-refractivity contribution in [3.05, 3.63) is 11.4 Å². The van der Waals surface area contributed by atoms with E-state index in [1.54, 1.807) is 13.8 Å². The molecule has 1 aromatic heterocycles. The topological polar surface area (TPSA) is 122 Å². The summed E-state index contributed by atoms with van der Waals surface area (Å²) in [6.45, 7) is 3.19. The molecule has 2 heterocycles. The van der Waals surface area contributed by atoms with E-state index in [9.17, 15) is 14.7 Å². The summed E-state index contributed by atoms with van der Waals surface area (Å²) in [4.78, 5) is 23.6. The monoisotopic (exact) mass is 329 g/mol. The number of ether oxygens (including phenoxy) is 4. The fraction of sp³-hybridized carbons (Fsp3) is 0.692. The summed E-state index contributed by atoms with van der Waals surface area (Å²) in [5, 5.41) is 16.8. The van der Waals surface area contributed by atoms with E-state index in [1.807, 2.05) is 0 Å². The largest absolute Gasteiger partial charge is 0.464 e. The van der Waals surface area contributed by atoms with Gasteiger partial charge in [-0.15, -0.1) is 5.10 Å². The third-order valence-electron chi connectivity index (χ3n) is 3.31. The second-order valence-electron chi connectivity index (χ2n) is 5.35. The maximum Gasteiger partial charge on any atom is 0.361 e. The standard InChI is InChI=1S/C13H19N3O7/c1-13(2)22-7(8(6-17)23-13)5-16-10(12(19)21-4)9(14-15-16)11(18)20-3/h7-8,17H,5-6H2,1-4H3/t7-,8-/m0/s1. The second kappa shape index (κ2) is 6.60. The number of methoxy groups -OCH3 is 2. The van der Waals surface area contributed by atoms with Crippen LogP contribution in [0.15, 0.2) is 0 Å². The second-order valence-corrected chi connectivity index (χ2v) is 5.35. The molecule has 1 aliphatic heterocycles. The highest BCUT2D eigenvalue weighted by molar-refractivity contribution is 6.00. The lowest BCUT2D eigenvalue weighted by atomic mass is 10.2. The molecule has 1 aromatic rings. The van der Waals surface area contributed by atoms with Crippen LogP contribution in [0.2, 0.25) is 0 Å². The average molecular weight is 329 g/mol. The van der Waals surface area contributed by atoms with Crippen LogP contribution in [0.4, 0.5) is 0 Å². The van der Waals surface area contributed by atoms with Gasteiger partial charge in [-0.25, -0.2) is 14.3 Å². The number of carbonyl (C=O) groups excluding carboxylic acids is 2. The van der Waals surface area contributed by atoms with Crippen LogP contribution in [0.3, 0.4) is 0 Å². The SMILES string of the molecule is COC(=O)c1nnn(C[C@@H]2OC(C)(C)O[C@H]2CO)c1C(=O)OC. The predicted molar refractivity (Wildman–Crippen MR) is 73.6 cm³/mol. The van der Waals surface area contributed by atoms with Gasteiger partial charge in [-0.1, -0.05) is 5.21 Å². The summed E-state index contributed by atoms with van der Waals surface area (Å²) >= 11 is 0. The number of nitrogens with zero attached hydrogens (tertiary/aromatic N) is 3. The van der Waals surface area contributed by atoms with Crippen LogP contribution in [0.25, 0.3) is 0 Å². The van der Waals surface area contributed by atoms with Gasteiger partial charge in [0.1, 0.15) is 12.2 Å². The maximum atomic E-state index is 11.9. The molecule has 1 N–H and O–H groups in total. The Bertz CT molecular complexity index is 598. The van der Waals surface area contributed by atoms with Crippen LogP contribution >= 0.6 is 0 Å². The highest BCUT2D eigenvalue weighted by atomic mass is 16.8. The number of esters is 2. The molecule has 10 heteroatoms. The van der Waals surface area contributed by atoms with Crippen molar-refractivity contribution in [3.63, 3.8) is 0 Å². The van der Waals surface area contributed by atoms with E-state index in [0.717, 1.165) is 0 Å². The van der Waals surface area contributed by atoms with Gasteiger partial charge in [-0.2, -0.15) is 0 Å². The van der Waals surface area contributed by atoms with Gasteiger partial charge in [0.05, 0.1) is 27.4 Å². The summed E-state index contributed by atoms with van der Waals surface area (Å²) in [5.41, 5.74) is -0.401. The number of rotatable bonds is 5. The summed E-state index contributed by atoms with van der Waals surface area (Å²) in [5.74, 6) is -2.47. The van der Waals surface area contributed by atoms with Gasteiger partial charge >= 0.3 is 11.9 Å². The third-order valence-corrected chi connectivity index (χ3v) is 3.31. The molecule has 2 rings (SSSR count). The van der Waals surface area contributed by atoms with Gasteiger partial charge in [0.2, 0.25) is 5.69 Å². The zero-order valence-corrected chi connectivity index (χ0v) is 13.3. The Balaban J connectivity index is 2.31. The summed E-state index contributed by atoms with van der Waals surface area (Å²) < 4.78 is 21.6. The van der Waals surface area contributed by atoms with E-state index in [0.29, 0.717) is 0 Å². The summed E-state index contributed by atoms with van der Waals surface area (Å²) in [7, 11) is 2.34. The van der Waals surface area contributed by atoms with Crippen molar-refractivity contribution in [2.75, 3.05) is 20.8 Å². The Morgan fingerprint density at radius 3 is 2.39 bits per heavy atom. The summed E-state index contributed by atoms with van der Waals surface area (Å²) in [6.07, 6.45) is -1.17. The van der Waals surface area contributed by atoms with E-state index < -0.39 is 29.9 Å². The van der Waals surface area contributed by atoms with Crippen molar-refractivity contribution in [1.29, 1.82) is 0 Å². The van der Waals surface area contributed by atoms with E-state index in [4.69, 9.17) is 9.47 Å². The van der Waals surface area contributed by atoms with Gasteiger partial charge in [-0.3, -0.25) is 0 Å². The van der Waals surface area contributed by atoms with E-state index in [1.165, 1.54) is 18.9 Å². The minimum atomic E-state index is -0.880. The van der Waals surface area contributed by atoms with Crippen molar-refractivity contribution in [1.82, 2.24) is 15.0 Å². The molecule has 2 atom stereocenters. The number of hydrogen-bond donors (Lipinski definition) is 1. The summed E-state index contributed by atoms with van der Waals surface area (Å²) in [6, 6.07) is 0. The van der Waals surface area contributed by atoms with E-state index >= 15 is 0 Å². The Morgan fingerprint density at radius 1 is 1.22 bits per heavy atom. The van der Waals surface area contributed by atoms with Crippen molar-refractivity contribution in [2.45, 2.75) is 38.4 Å². The van der Waals surface area contributed by atoms with Gasteiger partial charge in [0, 0.05) is 0 Å². The molecule has 23 heavy (non-hydrogen) atoms. The fourth-order valence-corrected chi connectivity index (χ4v) is 2.36. The maximum absolute atomic E-state index is 11.9. The molecule has 1 saturated heterocycles. The van der Waals surface area contributed by atoms with Crippen LogP contribution < -0.4 is 0 Å². The molecule has 0 aromatic carbocycles. The molecule has 0 aliphatic carbocycles. The lowest BCUT2D eigenvalue weighted by Crippen LogP contribution is -2.32. The quantitative estimate of drug-likeness (QED) is 0.703. The highest BCUT2D eigenvalue weighted by Crippen LogP contribution is 2.29. The van der Waals surface area contributed by atoms with Crippen LogP contribution in [0.5, 0.6) is 0 Å². The average Bonchev–Trinajstić information content (AvgIpc) is 3.06. The molecular formula is C13H19N3O7. The molecule has 128 valence electrons. The fourth-order valence-electron chi connectivity index (χ4n) is 2.36. The van der Waals surface area contributed by atoms with Crippen molar-refractivity contribution < 1.29 is 33.6 Å². The van der Waals surface area contributed by atoms with E-state index in [-0.39, 0.29) is 24.5 Å². The first-order valence-corrected chi connectivity index (χ1v) is 6.89. The molecule has 1 aliphatic rings. The molecule has 0 saturated carbocycles.